The molecule has 2 saturated heterocycles. The molecule has 0 aromatic heterocycles. The zero-order chi connectivity index (χ0) is 18.6. The Balaban J connectivity index is 0.00000261. The first-order chi connectivity index (χ1) is 12.5. The Labute approximate surface area is 178 Å². The minimum Gasteiger partial charge on any atom is -0.355 e. The molecule has 1 N–H and O–H groups in total. The maximum atomic E-state index is 13.7. The summed E-state index contributed by atoms with van der Waals surface area (Å²) in [6, 6.07) is 6.05. The van der Waals surface area contributed by atoms with Crippen molar-refractivity contribution in [1.82, 2.24) is 15.1 Å². The summed E-state index contributed by atoms with van der Waals surface area (Å²) in [4.78, 5) is 8.76. The first-order valence-electron chi connectivity index (χ1n) is 9.18. The molecule has 1 unspecified atom stereocenters. The van der Waals surface area contributed by atoms with E-state index >= 15 is 0 Å². The quantitative estimate of drug-likeness (QED) is 0.373. The minimum absolute atomic E-state index is 0. The zero-order valence-electron chi connectivity index (χ0n) is 15.6. The molecule has 1 aromatic carbocycles. The molecule has 3 rings (SSSR count). The van der Waals surface area contributed by atoms with Crippen LogP contribution in [0.2, 0.25) is 0 Å². The van der Waals surface area contributed by atoms with Crippen LogP contribution in [0.4, 0.5) is 4.39 Å². The highest BCUT2D eigenvalue weighted by atomic mass is 127. The molecule has 0 radical (unpaired) electrons. The van der Waals surface area contributed by atoms with E-state index < -0.39 is 15.7 Å². The summed E-state index contributed by atoms with van der Waals surface area (Å²) in [6.07, 6.45) is 3.66. The molecule has 2 aliphatic heterocycles. The first kappa shape index (κ1) is 22.4. The standard InChI is InChI=1S/C18H27FN4O2S.HI/c1-20-18(23-12-8-15(14-23)22-10-4-5-11-22)21-9-13-26(24,25)17-7-3-2-6-16(17)19;/h2-3,6-7,15H,4-5,8-14H2,1H3,(H,20,21);1H. The van der Waals surface area contributed by atoms with E-state index in [-0.39, 0.29) is 41.2 Å². The lowest BCUT2D eigenvalue weighted by atomic mass is 10.2. The number of guanidine groups is 1. The molecular formula is C18H28FIN4O2S. The van der Waals surface area contributed by atoms with E-state index in [1.54, 1.807) is 7.05 Å². The molecular weight excluding hydrogens is 482 g/mol. The third-order valence-electron chi connectivity index (χ3n) is 5.16. The largest absolute Gasteiger partial charge is 0.355 e. The summed E-state index contributed by atoms with van der Waals surface area (Å²) < 4.78 is 38.4. The van der Waals surface area contributed by atoms with Crippen molar-refractivity contribution in [3.05, 3.63) is 30.1 Å². The molecule has 2 fully saturated rings. The van der Waals surface area contributed by atoms with Crippen molar-refractivity contribution in [1.29, 1.82) is 0 Å². The number of benzene rings is 1. The Hall–Kier alpha value is -0.940. The highest BCUT2D eigenvalue weighted by Gasteiger charge is 2.30. The SMILES string of the molecule is CN=C(NCCS(=O)(=O)c1ccccc1F)N1CCC(N2CCCC2)C1.I. The van der Waals surface area contributed by atoms with Gasteiger partial charge in [0.2, 0.25) is 0 Å². The van der Waals surface area contributed by atoms with Gasteiger partial charge in [-0.3, -0.25) is 9.89 Å². The fourth-order valence-corrected chi connectivity index (χ4v) is 5.02. The average Bonchev–Trinajstić information content (AvgIpc) is 3.30. The molecule has 27 heavy (non-hydrogen) atoms. The summed E-state index contributed by atoms with van der Waals surface area (Å²) in [7, 11) is -1.96. The van der Waals surface area contributed by atoms with Crippen molar-refractivity contribution in [2.75, 3.05) is 45.5 Å². The van der Waals surface area contributed by atoms with Crippen molar-refractivity contribution < 1.29 is 12.8 Å². The van der Waals surface area contributed by atoms with Crippen molar-refractivity contribution in [2.45, 2.75) is 30.2 Å². The number of likely N-dealkylation sites (tertiary alicyclic amines) is 2. The Morgan fingerprint density at radius 1 is 1.26 bits per heavy atom. The molecule has 0 amide bonds. The van der Waals surface area contributed by atoms with Crippen LogP contribution in [-0.2, 0) is 9.84 Å². The molecule has 0 spiro atoms. The van der Waals surface area contributed by atoms with Gasteiger partial charge in [0.1, 0.15) is 10.7 Å². The molecule has 2 aliphatic rings. The second kappa shape index (κ2) is 10.0. The van der Waals surface area contributed by atoms with Crippen LogP contribution in [0.25, 0.3) is 0 Å². The normalized spacial score (nSPS) is 21.3. The molecule has 1 atom stereocenters. The second-order valence-electron chi connectivity index (χ2n) is 6.85. The molecule has 152 valence electrons. The van der Waals surface area contributed by atoms with E-state index in [4.69, 9.17) is 0 Å². The highest BCUT2D eigenvalue weighted by molar-refractivity contribution is 14.0. The maximum Gasteiger partial charge on any atom is 0.193 e. The monoisotopic (exact) mass is 510 g/mol. The summed E-state index contributed by atoms with van der Waals surface area (Å²) in [6.45, 7) is 4.38. The van der Waals surface area contributed by atoms with Crippen LogP contribution in [0.1, 0.15) is 19.3 Å². The van der Waals surface area contributed by atoms with Crippen LogP contribution in [-0.4, -0.2) is 75.7 Å². The number of hydrogen-bond donors (Lipinski definition) is 1. The Kier molecular flexibility index (Phi) is 8.29. The van der Waals surface area contributed by atoms with Gasteiger partial charge in [-0.25, -0.2) is 12.8 Å². The molecule has 0 saturated carbocycles. The van der Waals surface area contributed by atoms with E-state index in [1.807, 2.05) is 0 Å². The van der Waals surface area contributed by atoms with E-state index in [9.17, 15) is 12.8 Å². The van der Waals surface area contributed by atoms with Gasteiger partial charge in [0.05, 0.1) is 5.75 Å². The van der Waals surface area contributed by atoms with Crippen LogP contribution in [0.3, 0.4) is 0 Å². The van der Waals surface area contributed by atoms with E-state index in [0.717, 1.165) is 25.5 Å². The van der Waals surface area contributed by atoms with Gasteiger partial charge < -0.3 is 10.2 Å². The van der Waals surface area contributed by atoms with Crippen LogP contribution in [0, 0.1) is 5.82 Å². The van der Waals surface area contributed by atoms with Crippen molar-refractivity contribution in [3.8, 4) is 0 Å². The maximum absolute atomic E-state index is 13.7. The predicted octanol–water partition coefficient (Wildman–Crippen LogP) is 1.96. The number of aliphatic imine (C=N–C) groups is 1. The summed E-state index contributed by atoms with van der Waals surface area (Å²) in [5.74, 6) is -0.156. The van der Waals surface area contributed by atoms with Crippen LogP contribution in [0.5, 0.6) is 0 Å². The number of halogens is 2. The molecule has 1 aromatic rings. The van der Waals surface area contributed by atoms with Gasteiger partial charge in [0.25, 0.3) is 0 Å². The lowest BCUT2D eigenvalue weighted by Gasteiger charge is -2.25. The third-order valence-corrected chi connectivity index (χ3v) is 6.90. The average molecular weight is 510 g/mol. The van der Waals surface area contributed by atoms with Gasteiger partial charge in [-0.1, -0.05) is 12.1 Å². The van der Waals surface area contributed by atoms with Gasteiger partial charge in [-0.2, -0.15) is 0 Å². The summed E-state index contributed by atoms with van der Waals surface area (Å²) in [5, 5.41) is 3.12. The molecule has 6 nitrogen and oxygen atoms in total. The van der Waals surface area contributed by atoms with Gasteiger partial charge in [0, 0.05) is 32.7 Å². The van der Waals surface area contributed by atoms with Crippen molar-refractivity contribution in [3.63, 3.8) is 0 Å². The fraction of sp³-hybridized carbons (Fsp3) is 0.611. The van der Waals surface area contributed by atoms with Gasteiger partial charge in [0.15, 0.2) is 15.8 Å². The topological polar surface area (TPSA) is 65.0 Å². The highest BCUT2D eigenvalue weighted by Crippen LogP contribution is 2.20. The van der Waals surface area contributed by atoms with Gasteiger partial charge in [-0.05, 0) is 44.5 Å². The van der Waals surface area contributed by atoms with Crippen molar-refractivity contribution in [2.24, 2.45) is 4.99 Å². The molecule has 2 heterocycles. The molecule has 0 bridgehead atoms. The summed E-state index contributed by atoms with van der Waals surface area (Å²) in [5.41, 5.74) is 0. The van der Waals surface area contributed by atoms with Crippen LogP contribution < -0.4 is 5.32 Å². The third kappa shape index (κ3) is 5.54. The Morgan fingerprint density at radius 3 is 2.63 bits per heavy atom. The van der Waals surface area contributed by atoms with E-state index in [0.29, 0.717) is 6.04 Å². The number of hydrogen-bond acceptors (Lipinski definition) is 4. The second-order valence-corrected chi connectivity index (χ2v) is 8.93. The predicted molar refractivity (Wildman–Crippen MR) is 116 cm³/mol. The summed E-state index contributed by atoms with van der Waals surface area (Å²) >= 11 is 0. The smallest absolute Gasteiger partial charge is 0.193 e. The minimum atomic E-state index is -3.66. The van der Waals surface area contributed by atoms with E-state index in [2.05, 4.69) is 20.1 Å². The van der Waals surface area contributed by atoms with Gasteiger partial charge >= 0.3 is 0 Å². The number of nitrogens with zero attached hydrogens (tertiary/aromatic N) is 3. The number of rotatable bonds is 5. The molecule has 0 aliphatic carbocycles. The Bertz CT molecular complexity index is 753. The lowest BCUT2D eigenvalue weighted by molar-refractivity contribution is 0.249. The molecule has 9 heteroatoms. The fourth-order valence-electron chi connectivity index (χ4n) is 3.78. The van der Waals surface area contributed by atoms with E-state index in [1.165, 1.54) is 50.2 Å². The lowest BCUT2D eigenvalue weighted by Crippen LogP contribution is -2.43. The first-order valence-corrected chi connectivity index (χ1v) is 10.8. The number of nitrogens with one attached hydrogen (secondary N) is 1. The van der Waals surface area contributed by atoms with Crippen LogP contribution >= 0.6 is 24.0 Å². The zero-order valence-corrected chi connectivity index (χ0v) is 18.8. The van der Waals surface area contributed by atoms with Crippen molar-refractivity contribution >= 4 is 39.8 Å². The number of sulfone groups is 1. The van der Waals surface area contributed by atoms with Gasteiger partial charge in [-0.15, -0.1) is 24.0 Å². The Morgan fingerprint density at radius 2 is 1.96 bits per heavy atom. The van der Waals surface area contributed by atoms with Crippen LogP contribution in [0.15, 0.2) is 34.2 Å².